The van der Waals surface area contributed by atoms with Crippen LogP contribution in [0.2, 0.25) is 0 Å². The van der Waals surface area contributed by atoms with Gasteiger partial charge in [0.2, 0.25) is 0 Å². The van der Waals surface area contributed by atoms with E-state index >= 15 is 0 Å². The Morgan fingerprint density at radius 1 is 1.33 bits per heavy atom. The minimum atomic E-state index is 0.360. The molecule has 1 aliphatic rings. The van der Waals surface area contributed by atoms with Gasteiger partial charge >= 0.3 is 0 Å². The third-order valence-electron chi connectivity index (χ3n) is 3.68. The molecule has 2 aromatic rings. The molecule has 0 spiro atoms. The normalized spacial score (nSPS) is 14.6. The molecular weight excluding hydrogens is 262 g/mol. The summed E-state index contributed by atoms with van der Waals surface area (Å²) >= 11 is 0. The van der Waals surface area contributed by atoms with Crippen LogP contribution in [0.25, 0.3) is 0 Å². The summed E-state index contributed by atoms with van der Waals surface area (Å²) in [6.45, 7) is 5.74. The highest BCUT2D eigenvalue weighted by Crippen LogP contribution is 2.19. The predicted molar refractivity (Wildman–Crippen MR) is 83.2 cm³/mol. The molecule has 1 N–H and O–H groups in total. The zero-order chi connectivity index (χ0) is 14.7. The van der Waals surface area contributed by atoms with E-state index in [4.69, 9.17) is 4.74 Å². The average Bonchev–Trinajstić information content (AvgIpc) is 3.19. The van der Waals surface area contributed by atoms with Crippen molar-refractivity contribution in [1.82, 2.24) is 15.1 Å². The van der Waals surface area contributed by atoms with Gasteiger partial charge < -0.3 is 10.1 Å². The van der Waals surface area contributed by atoms with E-state index in [0.29, 0.717) is 12.6 Å². The second-order valence-corrected chi connectivity index (χ2v) is 6.01. The summed E-state index contributed by atoms with van der Waals surface area (Å²) in [4.78, 5) is 0. The molecular formula is C17H23N3O. The van der Waals surface area contributed by atoms with Gasteiger partial charge in [0.25, 0.3) is 0 Å². The minimum Gasteiger partial charge on any atom is -0.486 e. The predicted octanol–water partition coefficient (Wildman–Crippen LogP) is 3.30. The third-order valence-corrected chi connectivity index (χ3v) is 3.68. The molecule has 21 heavy (non-hydrogen) atoms. The fraction of sp³-hybridized carbons (Fsp3) is 0.471. The van der Waals surface area contributed by atoms with Gasteiger partial charge in [-0.1, -0.05) is 24.3 Å². The lowest BCUT2D eigenvalue weighted by molar-refractivity contribution is 0.305. The summed E-state index contributed by atoms with van der Waals surface area (Å²) in [6.07, 6.45) is 6.37. The molecule has 3 rings (SSSR count). The highest BCUT2D eigenvalue weighted by atomic mass is 16.5. The molecule has 1 aromatic carbocycles. The average molecular weight is 285 g/mol. The molecule has 1 aliphatic carbocycles. The molecule has 1 fully saturated rings. The second kappa shape index (κ2) is 6.31. The SMILES string of the molecule is CC(C)n1cc(OCc2cccc(CNC3CC3)c2)cn1. The topological polar surface area (TPSA) is 39.1 Å². The summed E-state index contributed by atoms with van der Waals surface area (Å²) < 4.78 is 7.72. The van der Waals surface area contributed by atoms with Crippen LogP contribution >= 0.6 is 0 Å². The lowest BCUT2D eigenvalue weighted by atomic mass is 10.1. The Morgan fingerprint density at radius 3 is 2.86 bits per heavy atom. The molecule has 1 heterocycles. The van der Waals surface area contributed by atoms with E-state index in [9.17, 15) is 0 Å². The maximum absolute atomic E-state index is 5.81. The van der Waals surface area contributed by atoms with Crippen molar-refractivity contribution >= 4 is 0 Å². The monoisotopic (exact) mass is 285 g/mol. The number of rotatable bonds is 7. The van der Waals surface area contributed by atoms with Crippen molar-refractivity contribution in [3.05, 3.63) is 47.8 Å². The first kappa shape index (κ1) is 14.1. The van der Waals surface area contributed by atoms with Crippen molar-refractivity contribution in [3.8, 4) is 5.75 Å². The fourth-order valence-electron chi connectivity index (χ4n) is 2.22. The minimum absolute atomic E-state index is 0.360. The Balaban J connectivity index is 1.54. The number of nitrogens with zero attached hydrogens (tertiary/aromatic N) is 2. The summed E-state index contributed by atoms with van der Waals surface area (Å²) in [6, 6.07) is 9.68. The molecule has 0 amide bonds. The van der Waals surface area contributed by atoms with E-state index in [0.717, 1.165) is 18.3 Å². The van der Waals surface area contributed by atoms with Crippen LogP contribution in [0.1, 0.15) is 43.9 Å². The zero-order valence-electron chi connectivity index (χ0n) is 12.7. The number of nitrogens with one attached hydrogen (secondary N) is 1. The van der Waals surface area contributed by atoms with Gasteiger partial charge in [-0.15, -0.1) is 0 Å². The lowest BCUT2D eigenvalue weighted by Gasteiger charge is -2.07. The molecule has 0 atom stereocenters. The molecule has 112 valence electrons. The number of hydrogen-bond donors (Lipinski definition) is 1. The maximum atomic E-state index is 5.81. The Morgan fingerprint density at radius 2 is 2.14 bits per heavy atom. The van der Waals surface area contributed by atoms with Crippen molar-refractivity contribution in [2.45, 2.75) is 51.9 Å². The smallest absolute Gasteiger partial charge is 0.157 e. The quantitative estimate of drug-likeness (QED) is 0.848. The van der Waals surface area contributed by atoms with Crippen molar-refractivity contribution in [2.24, 2.45) is 0 Å². The van der Waals surface area contributed by atoms with Crippen LogP contribution in [0.15, 0.2) is 36.7 Å². The van der Waals surface area contributed by atoms with Gasteiger partial charge in [0.15, 0.2) is 5.75 Å². The molecule has 4 heteroatoms. The van der Waals surface area contributed by atoms with Crippen LogP contribution in [0, 0.1) is 0 Å². The molecule has 0 unspecified atom stereocenters. The molecule has 1 aromatic heterocycles. The van der Waals surface area contributed by atoms with Crippen molar-refractivity contribution < 1.29 is 4.74 Å². The van der Waals surface area contributed by atoms with Crippen molar-refractivity contribution in [2.75, 3.05) is 0 Å². The first-order valence-corrected chi connectivity index (χ1v) is 7.69. The standard InChI is InChI=1S/C17H23N3O/c1-13(2)20-11-17(10-19-20)21-12-15-5-3-4-14(8-15)9-18-16-6-7-16/h3-5,8,10-11,13,16,18H,6-7,9,12H2,1-2H3. The van der Waals surface area contributed by atoms with Crippen LogP contribution in [-0.4, -0.2) is 15.8 Å². The highest BCUT2D eigenvalue weighted by Gasteiger charge is 2.19. The Kier molecular flexibility index (Phi) is 4.25. The Labute approximate surface area is 126 Å². The number of hydrogen-bond acceptors (Lipinski definition) is 3. The van der Waals surface area contributed by atoms with Crippen LogP contribution in [0.3, 0.4) is 0 Å². The van der Waals surface area contributed by atoms with E-state index in [1.807, 2.05) is 10.9 Å². The van der Waals surface area contributed by atoms with Crippen LogP contribution in [0.4, 0.5) is 0 Å². The molecule has 0 aliphatic heterocycles. The first-order valence-electron chi connectivity index (χ1n) is 7.69. The van der Waals surface area contributed by atoms with Gasteiger partial charge in [-0.05, 0) is 37.8 Å². The maximum Gasteiger partial charge on any atom is 0.157 e. The molecule has 4 nitrogen and oxygen atoms in total. The lowest BCUT2D eigenvalue weighted by Crippen LogP contribution is -2.15. The number of benzene rings is 1. The van der Waals surface area contributed by atoms with Gasteiger partial charge in [0, 0.05) is 18.6 Å². The summed E-state index contributed by atoms with van der Waals surface area (Å²) in [5.41, 5.74) is 2.52. The van der Waals surface area contributed by atoms with Crippen molar-refractivity contribution in [3.63, 3.8) is 0 Å². The Bertz CT molecular complexity index is 587. The van der Waals surface area contributed by atoms with Gasteiger partial charge in [0.1, 0.15) is 6.61 Å². The fourth-order valence-corrected chi connectivity index (χ4v) is 2.22. The molecule has 0 bridgehead atoms. The molecule has 0 saturated heterocycles. The summed E-state index contributed by atoms with van der Waals surface area (Å²) in [5.74, 6) is 0.824. The van der Waals surface area contributed by atoms with Gasteiger partial charge in [-0.3, -0.25) is 4.68 Å². The number of aromatic nitrogens is 2. The first-order chi connectivity index (χ1) is 10.2. The van der Waals surface area contributed by atoms with E-state index < -0.39 is 0 Å². The summed E-state index contributed by atoms with van der Waals surface area (Å²) in [7, 11) is 0. The van der Waals surface area contributed by atoms with E-state index in [1.54, 1.807) is 6.20 Å². The van der Waals surface area contributed by atoms with E-state index in [-0.39, 0.29) is 0 Å². The Hall–Kier alpha value is -1.81. The van der Waals surface area contributed by atoms with Gasteiger partial charge in [-0.2, -0.15) is 5.10 Å². The molecule has 0 radical (unpaired) electrons. The van der Waals surface area contributed by atoms with Crippen LogP contribution in [0.5, 0.6) is 5.75 Å². The third kappa shape index (κ3) is 4.08. The van der Waals surface area contributed by atoms with Crippen LogP contribution in [-0.2, 0) is 13.2 Å². The second-order valence-electron chi connectivity index (χ2n) is 6.01. The number of ether oxygens (including phenoxy) is 1. The van der Waals surface area contributed by atoms with Gasteiger partial charge in [-0.25, -0.2) is 0 Å². The van der Waals surface area contributed by atoms with Gasteiger partial charge in [0.05, 0.1) is 12.4 Å². The van der Waals surface area contributed by atoms with E-state index in [2.05, 4.69) is 48.5 Å². The summed E-state index contributed by atoms with van der Waals surface area (Å²) in [5, 5.41) is 7.82. The van der Waals surface area contributed by atoms with Crippen LogP contribution < -0.4 is 10.1 Å². The zero-order valence-corrected chi connectivity index (χ0v) is 12.7. The highest BCUT2D eigenvalue weighted by molar-refractivity contribution is 5.24. The molecule has 1 saturated carbocycles. The van der Waals surface area contributed by atoms with E-state index in [1.165, 1.54) is 24.0 Å². The van der Waals surface area contributed by atoms with Crippen molar-refractivity contribution in [1.29, 1.82) is 0 Å². The largest absolute Gasteiger partial charge is 0.486 e.